The molecule has 0 saturated heterocycles. The van der Waals surface area contributed by atoms with Crippen LogP contribution >= 0.6 is 0 Å². The van der Waals surface area contributed by atoms with E-state index >= 15 is 0 Å². The van der Waals surface area contributed by atoms with Crippen molar-refractivity contribution < 1.29 is 4.79 Å². The predicted molar refractivity (Wildman–Crippen MR) is 58.7 cm³/mol. The van der Waals surface area contributed by atoms with Crippen LogP contribution in [0.5, 0.6) is 0 Å². The monoisotopic (exact) mass is 187 g/mol. The van der Waals surface area contributed by atoms with Crippen LogP contribution in [0.1, 0.15) is 54.4 Å². The first-order chi connectivity index (χ1) is 5.89. The van der Waals surface area contributed by atoms with Gasteiger partial charge in [-0.05, 0) is 6.42 Å². The minimum Gasteiger partial charge on any atom is -0.321 e. The first kappa shape index (κ1) is 15.1. The van der Waals surface area contributed by atoms with E-state index in [1.807, 2.05) is 41.5 Å². The van der Waals surface area contributed by atoms with Crippen LogP contribution in [0.2, 0.25) is 0 Å². The molecule has 0 aromatic carbocycles. The van der Waals surface area contributed by atoms with Crippen LogP contribution in [-0.2, 0) is 4.79 Å². The van der Waals surface area contributed by atoms with E-state index in [2.05, 4.69) is 0 Å². The molecule has 0 aromatic rings. The fourth-order valence-electron chi connectivity index (χ4n) is 0.998. The molecule has 1 atom stereocenters. The lowest BCUT2D eigenvalue weighted by Crippen LogP contribution is -2.38. The maximum atomic E-state index is 11.4. The summed E-state index contributed by atoms with van der Waals surface area (Å²) in [4.78, 5) is 11.4. The Morgan fingerprint density at radius 2 is 1.69 bits per heavy atom. The molecule has 0 aliphatic heterocycles. The van der Waals surface area contributed by atoms with Crippen molar-refractivity contribution in [3.05, 3.63) is 0 Å². The third-order valence-corrected chi connectivity index (χ3v) is 1.68. The second-order valence-corrected chi connectivity index (χ2v) is 4.01. The van der Waals surface area contributed by atoms with Crippen molar-refractivity contribution in [2.75, 3.05) is 0 Å². The van der Waals surface area contributed by atoms with Crippen LogP contribution in [0.4, 0.5) is 0 Å². The van der Waals surface area contributed by atoms with Gasteiger partial charge in [0, 0.05) is 5.41 Å². The summed E-state index contributed by atoms with van der Waals surface area (Å²) in [6.45, 7) is 11.8. The molecule has 2 heteroatoms. The Morgan fingerprint density at radius 3 is 1.92 bits per heavy atom. The molecule has 80 valence electrons. The highest BCUT2D eigenvalue weighted by Gasteiger charge is 2.25. The van der Waals surface area contributed by atoms with E-state index < -0.39 is 0 Å². The lowest BCUT2D eigenvalue weighted by Gasteiger charge is -2.21. The van der Waals surface area contributed by atoms with Crippen molar-refractivity contribution in [3.63, 3.8) is 0 Å². The Balaban J connectivity index is 0. The highest BCUT2D eigenvalue weighted by atomic mass is 16.1. The Labute approximate surface area is 82.9 Å². The number of rotatable bonds is 3. The molecule has 0 bridgehead atoms. The molecule has 2 N–H and O–H groups in total. The van der Waals surface area contributed by atoms with Crippen molar-refractivity contribution in [1.29, 1.82) is 0 Å². The largest absolute Gasteiger partial charge is 0.321 e. The van der Waals surface area contributed by atoms with Crippen LogP contribution in [0.25, 0.3) is 0 Å². The van der Waals surface area contributed by atoms with Gasteiger partial charge in [0.1, 0.15) is 0 Å². The van der Waals surface area contributed by atoms with E-state index in [-0.39, 0.29) is 17.2 Å². The smallest absolute Gasteiger partial charge is 0.154 e. The molecular weight excluding hydrogens is 162 g/mol. The number of hydrogen-bond acceptors (Lipinski definition) is 2. The maximum absolute atomic E-state index is 11.4. The summed E-state index contributed by atoms with van der Waals surface area (Å²) >= 11 is 0. The van der Waals surface area contributed by atoms with Crippen LogP contribution in [-0.4, -0.2) is 11.8 Å². The summed E-state index contributed by atoms with van der Waals surface area (Å²) in [5.74, 6) is 0.166. The van der Waals surface area contributed by atoms with Gasteiger partial charge in [-0.1, -0.05) is 48.0 Å². The molecule has 0 radical (unpaired) electrons. The second kappa shape index (κ2) is 7.07. The van der Waals surface area contributed by atoms with Gasteiger partial charge < -0.3 is 5.73 Å². The Hall–Kier alpha value is -0.370. The van der Waals surface area contributed by atoms with Crippen LogP contribution in [0.15, 0.2) is 0 Å². The molecular formula is C11H25NO. The topological polar surface area (TPSA) is 43.1 Å². The van der Waals surface area contributed by atoms with Crippen molar-refractivity contribution >= 4 is 5.78 Å². The van der Waals surface area contributed by atoms with E-state index in [1.165, 1.54) is 0 Å². The standard InChI is InChI=1S/C9H19NO.C2H6/c1-5-6-7(10)8(11)9(2,3)4;1-2/h7H,5-6,10H2,1-4H3;1-2H3. The molecule has 1 unspecified atom stereocenters. The van der Waals surface area contributed by atoms with Gasteiger partial charge in [-0.25, -0.2) is 0 Å². The number of carbonyl (C=O) groups is 1. The van der Waals surface area contributed by atoms with E-state index in [1.54, 1.807) is 0 Å². The quantitative estimate of drug-likeness (QED) is 0.738. The van der Waals surface area contributed by atoms with Gasteiger partial charge in [0.15, 0.2) is 5.78 Å². The van der Waals surface area contributed by atoms with Gasteiger partial charge >= 0.3 is 0 Å². The summed E-state index contributed by atoms with van der Waals surface area (Å²) < 4.78 is 0. The highest BCUT2D eigenvalue weighted by Crippen LogP contribution is 2.17. The van der Waals surface area contributed by atoms with E-state index in [0.717, 1.165) is 12.8 Å². The molecule has 0 heterocycles. The fourth-order valence-corrected chi connectivity index (χ4v) is 0.998. The number of carbonyl (C=O) groups excluding carboxylic acids is 1. The van der Waals surface area contributed by atoms with Gasteiger partial charge in [-0.2, -0.15) is 0 Å². The molecule has 0 rings (SSSR count). The van der Waals surface area contributed by atoms with E-state index in [0.29, 0.717) is 0 Å². The average molecular weight is 187 g/mol. The molecule has 0 amide bonds. The zero-order valence-corrected chi connectivity index (χ0v) is 9.98. The molecule has 13 heavy (non-hydrogen) atoms. The highest BCUT2D eigenvalue weighted by molar-refractivity contribution is 5.88. The Bertz CT molecular complexity index is 136. The third-order valence-electron chi connectivity index (χ3n) is 1.68. The summed E-state index contributed by atoms with van der Waals surface area (Å²) in [5.41, 5.74) is 5.38. The van der Waals surface area contributed by atoms with Gasteiger partial charge in [-0.15, -0.1) is 0 Å². The van der Waals surface area contributed by atoms with Crippen molar-refractivity contribution in [2.45, 2.75) is 60.4 Å². The first-order valence-corrected chi connectivity index (χ1v) is 5.19. The van der Waals surface area contributed by atoms with Gasteiger partial charge in [0.2, 0.25) is 0 Å². The molecule has 0 aromatic heterocycles. The number of hydrogen-bond donors (Lipinski definition) is 1. The normalized spacial score (nSPS) is 12.8. The minimum atomic E-state index is -0.283. The van der Waals surface area contributed by atoms with Crippen LogP contribution in [0, 0.1) is 5.41 Å². The Morgan fingerprint density at radius 1 is 1.31 bits per heavy atom. The zero-order valence-electron chi connectivity index (χ0n) is 9.98. The van der Waals surface area contributed by atoms with Crippen molar-refractivity contribution in [3.8, 4) is 0 Å². The molecule has 0 saturated carbocycles. The maximum Gasteiger partial charge on any atom is 0.154 e. The molecule has 0 fully saturated rings. The van der Waals surface area contributed by atoms with Gasteiger partial charge in [-0.3, -0.25) is 4.79 Å². The molecule has 0 aliphatic rings. The van der Waals surface area contributed by atoms with Crippen molar-refractivity contribution in [2.24, 2.45) is 11.1 Å². The van der Waals surface area contributed by atoms with Gasteiger partial charge in [0.05, 0.1) is 6.04 Å². The number of nitrogens with two attached hydrogens (primary N) is 1. The summed E-state index contributed by atoms with van der Waals surface area (Å²) in [7, 11) is 0. The number of ketones is 1. The third kappa shape index (κ3) is 6.76. The molecule has 0 spiro atoms. The van der Waals surface area contributed by atoms with E-state index in [4.69, 9.17) is 5.73 Å². The average Bonchev–Trinajstić information content (AvgIpc) is 2.05. The molecule has 0 aliphatic carbocycles. The Kier molecular flexibility index (Phi) is 8.23. The lowest BCUT2D eigenvalue weighted by molar-refractivity contribution is -0.127. The van der Waals surface area contributed by atoms with E-state index in [9.17, 15) is 4.79 Å². The fraction of sp³-hybridized carbons (Fsp3) is 0.909. The summed E-state index contributed by atoms with van der Waals surface area (Å²) in [6.07, 6.45) is 1.78. The predicted octanol–water partition coefficient (Wildman–Crippen LogP) is 2.76. The van der Waals surface area contributed by atoms with Gasteiger partial charge in [0.25, 0.3) is 0 Å². The number of Topliss-reactive ketones (excluding diaryl/α,β-unsaturated/α-hetero) is 1. The zero-order chi connectivity index (χ0) is 11.1. The van der Waals surface area contributed by atoms with Crippen molar-refractivity contribution in [1.82, 2.24) is 0 Å². The SMILES string of the molecule is CC.CCCC(N)C(=O)C(C)(C)C. The summed E-state index contributed by atoms with van der Waals surface area (Å²) in [6, 6.07) is -0.264. The summed E-state index contributed by atoms with van der Waals surface area (Å²) in [5, 5.41) is 0. The van der Waals surface area contributed by atoms with Crippen LogP contribution in [0.3, 0.4) is 0 Å². The lowest BCUT2D eigenvalue weighted by atomic mass is 9.85. The minimum absolute atomic E-state index is 0.166. The first-order valence-electron chi connectivity index (χ1n) is 5.19. The second-order valence-electron chi connectivity index (χ2n) is 4.01. The van der Waals surface area contributed by atoms with Crippen LogP contribution < -0.4 is 5.73 Å². The molecule has 2 nitrogen and oxygen atoms in total.